The molecule has 1 aromatic rings. The van der Waals surface area contributed by atoms with Gasteiger partial charge in [-0.1, -0.05) is 56.5 Å². The van der Waals surface area contributed by atoms with Crippen LogP contribution in [0.1, 0.15) is 44.6 Å². The number of rotatable bonds is 2. The molecule has 0 radical (unpaired) electrons. The molecule has 2 fully saturated rings. The van der Waals surface area contributed by atoms with Gasteiger partial charge in [0.25, 0.3) is 0 Å². The molecule has 0 aromatic heterocycles. The van der Waals surface area contributed by atoms with Crippen molar-refractivity contribution < 1.29 is 0 Å². The molecule has 0 saturated heterocycles. The Morgan fingerprint density at radius 2 is 1.88 bits per heavy atom. The van der Waals surface area contributed by atoms with Crippen LogP contribution in [0.25, 0.3) is 0 Å². The van der Waals surface area contributed by atoms with Crippen LogP contribution in [0, 0.1) is 17.3 Å². The Morgan fingerprint density at radius 1 is 1.12 bits per heavy atom. The van der Waals surface area contributed by atoms with E-state index in [2.05, 4.69) is 37.3 Å². The minimum atomic E-state index is 0.617. The second-order valence-corrected chi connectivity index (χ2v) is 6.17. The molecule has 0 heteroatoms. The smallest absolute Gasteiger partial charge is 0.0222 e. The molecule has 3 rings (SSSR count). The monoisotopic (exact) mass is 214 g/mol. The minimum Gasteiger partial charge on any atom is -0.0622 e. The molecule has 3 atom stereocenters. The van der Waals surface area contributed by atoms with Gasteiger partial charge < -0.3 is 0 Å². The highest BCUT2D eigenvalue weighted by Crippen LogP contribution is 2.58. The Kier molecular flexibility index (Phi) is 2.53. The first kappa shape index (κ1) is 10.4. The molecule has 1 aromatic carbocycles. The van der Waals surface area contributed by atoms with E-state index < -0.39 is 0 Å². The van der Waals surface area contributed by atoms with E-state index in [0.717, 1.165) is 11.8 Å². The van der Waals surface area contributed by atoms with Crippen LogP contribution in [0.15, 0.2) is 30.3 Å². The molecular weight excluding hydrogens is 192 g/mol. The first-order valence-corrected chi connectivity index (χ1v) is 6.82. The van der Waals surface area contributed by atoms with Crippen LogP contribution in [-0.2, 0) is 6.42 Å². The third-order valence-corrected chi connectivity index (χ3v) is 4.98. The summed E-state index contributed by atoms with van der Waals surface area (Å²) < 4.78 is 0. The van der Waals surface area contributed by atoms with Crippen LogP contribution in [0.5, 0.6) is 0 Å². The molecule has 0 heterocycles. The van der Waals surface area contributed by atoms with Gasteiger partial charge in [-0.3, -0.25) is 0 Å². The van der Waals surface area contributed by atoms with Crippen molar-refractivity contribution in [2.75, 3.05) is 0 Å². The third-order valence-electron chi connectivity index (χ3n) is 4.98. The van der Waals surface area contributed by atoms with Crippen LogP contribution >= 0.6 is 0 Å². The summed E-state index contributed by atoms with van der Waals surface area (Å²) in [5, 5.41) is 0. The summed E-state index contributed by atoms with van der Waals surface area (Å²) in [6, 6.07) is 11.1. The van der Waals surface area contributed by atoms with Gasteiger partial charge in [0.2, 0.25) is 0 Å². The molecule has 2 aliphatic rings. The molecule has 0 unspecified atom stereocenters. The van der Waals surface area contributed by atoms with Crippen LogP contribution in [-0.4, -0.2) is 0 Å². The molecule has 0 N–H and O–H groups in total. The van der Waals surface area contributed by atoms with Gasteiger partial charge in [-0.25, -0.2) is 0 Å². The average molecular weight is 214 g/mol. The lowest BCUT2D eigenvalue weighted by atomic mass is 9.49. The van der Waals surface area contributed by atoms with E-state index >= 15 is 0 Å². The maximum atomic E-state index is 2.52. The molecule has 2 aliphatic carbocycles. The fourth-order valence-electron chi connectivity index (χ4n) is 4.22. The SMILES string of the molecule is C[C@]1(Cc2ccccc2)C[C@@H]2CCCC[C@@H]21. The van der Waals surface area contributed by atoms with E-state index in [-0.39, 0.29) is 0 Å². The summed E-state index contributed by atoms with van der Waals surface area (Å²) >= 11 is 0. The van der Waals surface area contributed by atoms with Gasteiger partial charge in [0.15, 0.2) is 0 Å². The van der Waals surface area contributed by atoms with E-state index in [1.807, 2.05) is 0 Å². The molecular formula is C16H22. The standard InChI is InChI=1S/C16H22/c1-16(11-13-7-3-2-4-8-13)12-14-9-5-6-10-15(14)16/h2-4,7-8,14-15H,5-6,9-12H2,1H3/t14-,15-,16-/m0/s1. The number of hydrogen-bond donors (Lipinski definition) is 0. The van der Waals surface area contributed by atoms with Gasteiger partial charge in [-0.2, -0.15) is 0 Å². The Morgan fingerprint density at radius 3 is 2.62 bits per heavy atom. The number of fused-ring (bicyclic) bond motifs is 1. The summed E-state index contributed by atoms with van der Waals surface area (Å²) in [5.74, 6) is 2.10. The Labute approximate surface area is 99.1 Å². The Bertz CT molecular complexity index is 354. The van der Waals surface area contributed by atoms with Crippen LogP contribution in [0.3, 0.4) is 0 Å². The molecule has 0 amide bonds. The minimum absolute atomic E-state index is 0.617. The second kappa shape index (κ2) is 3.91. The van der Waals surface area contributed by atoms with E-state index in [4.69, 9.17) is 0 Å². The first-order valence-electron chi connectivity index (χ1n) is 6.82. The number of benzene rings is 1. The summed E-state index contributed by atoms with van der Waals surface area (Å²) in [5.41, 5.74) is 2.15. The van der Waals surface area contributed by atoms with Gasteiger partial charge in [0, 0.05) is 0 Å². The van der Waals surface area contributed by atoms with Crippen molar-refractivity contribution >= 4 is 0 Å². The highest BCUT2D eigenvalue weighted by molar-refractivity contribution is 5.18. The predicted octanol–water partition coefficient (Wildman–Crippen LogP) is 4.45. The Hall–Kier alpha value is -0.780. The van der Waals surface area contributed by atoms with Gasteiger partial charge in [-0.15, -0.1) is 0 Å². The highest BCUT2D eigenvalue weighted by Gasteiger charge is 2.50. The lowest BCUT2D eigenvalue weighted by Gasteiger charge is -2.56. The van der Waals surface area contributed by atoms with Crippen molar-refractivity contribution in [1.29, 1.82) is 0 Å². The molecule has 0 spiro atoms. The molecule has 86 valence electrons. The fourth-order valence-corrected chi connectivity index (χ4v) is 4.22. The summed E-state index contributed by atoms with van der Waals surface area (Å²) in [4.78, 5) is 0. The number of hydrogen-bond acceptors (Lipinski definition) is 0. The Balaban J connectivity index is 1.71. The van der Waals surface area contributed by atoms with Crippen LogP contribution in [0.2, 0.25) is 0 Å². The van der Waals surface area contributed by atoms with Gasteiger partial charge in [0.05, 0.1) is 0 Å². The fraction of sp³-hybridized carbons (Fsp3) is 0.625. The predicted molar refractivity (Wildman–Crippen MR) is 68.3 cm³/mol. The molecule has 0 bridgehead atoms. The quantitative estimate of drug-likeness (QED) is 0.682. The van der Waals surface area contributed by atoms with Crippen LogP contribution < -0.4 is 0 Å². The maximum Gasteiger partial charge on any atom is -0.0222 e. The van der Waals surface area contributed by atoms with E-state index in [1.54, 1.807) is 0 Å². The molecule has 0 aliphatic heterocycles. The van der Waals surface area contributed by atoms with Crippen molar-refractivity contribution in [2.45, 2.75) is 45.4 Å². The van der Waals surface area contributed by atoms with Crippen molar-refractivity contribution in [3.05, 3.63) is 35.9 Å². The second-order valence-electron chi connectivity index (χ2n) is 6.17. The highest BCUT2D eigenvalue weighted by atomic mass is 14.5. The largest absolute Gasteiger partial charge is 0.0622 e. The molecule has 0 nitrogen and oxygen atoms in total. The van der Waals surface area contributed by atoms with E-state index in [1.165, 1.54) is 44.1 Å². The molecule has 2 saturated carbocycles. The van der Waals surface area contributed by atoms with Crippen molar-refractivity contribution in [3.8, 4) is 0 Å². The molecule has 16 heavy (non-hydrogen) atoms. The lowest BCUT2D eigenvalue weighted by Crippen LogP contribution is -2.48. The third kappa shape index (κ3) is 1.69. The van der Waals surface area contributed by atoms with Crippen molar-refractivity contribution in [2.24, 2.45) is 17.3 Å². The zero-order chi connectivity index (χ0) is 11.0. The van der Waals surface area contributed by atoms with Gasteiger partial charge in [-0.05, 0) is 42.1 Å². The first-order chi connectivity index (χ1) is 7.78. The zero-order valence-electron chi connectivity index (χ0n) is 10.3. The lowest BCUT2D eigenvalue weighted by molar-refractivity contribution is -0.0559. The van der Waals surface area contributed by atoms with Crippen LogP contribution in [0.4, 0.5) is 0 Å². The van der Waals surface area contributed by atoms with E-state index in [9.17, 15) is 0 Å². The van der Waals surface area contributed by atoms with Gasteiger partial charge >= 0.3 is 0 Å². The summed E-state index contributed by atoms with van der Waals surface area (Å²) in [6.07, 6.45) is 8.75. The van der Waals surface area contributed by atoms with Crippen molar-refractivity contribution in [3.63, 3.8) is 0 Å². The maximum absolute atomic E-state index is 2.52. The van der Waals surface area contributed by atoms with Gasteiger partial charge in [0.1, 0.15) is 0 Å². The summed E-state index contributed by atoms with van der Waals surface area (Å²) in [7, 11) is 0. The summed E-state index contributed by atoms with van der Waals surface area (Å²) in [6.45, 7) is 2.52. The normalized spacial score (nSPS) is 37.6. The van der Waals surface area contributed by atoms with Crippen molar-refractivity contribution in [1.82, 2.24) is 0 Å². The topological polar surface area (TPSA) is 0 Å². The average Bonchev–Trinajstić information content (AvgIpc) is 2.29. The van der Waals surface area contributed by atoms with E-state index in [0.29, 0.717) is 5.41 Å². The zero-order valence-corrected chi connectivity index (χ0v) is 10.3.